The summed E-state index contributed by atoms with van der Waals surface area (Å²) in [5.74, 6) is 0.895. The second kappa shape index (κ2) is 12.7. The fraction of sp³-hybridized carbons (Fsp3) is 0.429. The van der Waals surface area contributed by atoms with Crippen molar-refractivity contribution in [1.82, 2.24) is 5.32 Å². The molecule has 1 N–H and O–H groups in total. The van der Waals surface area contributed by atoms with Crippen LogP contribution < -0.4 is 10.1 Å². The van der Waals surface area contributed by atoms with Crippen LogP contribution in [0.25, 0.3) is 0 Å². The molecule has 5 heteroatoms. The van der Waals surface area contributed by atoms with Crippen LogP contribution in [0.1, 0.15) is 17.5 Å². The normalized spacial score (nSPS) is 10.8. The number of rotatable bonds is 13. The van der Waals surface area contributed by atoms with Gasteiger partial charge in [0, 0.05) is 17.7 Å². The Morgan fingerprint density at radius 1 is 0.923 bits per heavy atom. The van der Waals surface area contributed by atoms with Crippen LogP contribution in [0.3, 0.4) is 0 Å². The van der Waals surface area contributed by atoms with E-state index in [2.05, 4.69) is 17.4 Å². The highest BCUT2D eigenvalue weighted by Gasteiger charge is 2.03. The van der Waals surface area contributed by atoms with Crippen molar-refractivity contribution in [3.05, 3.63) is 64.7 Å². The van der Waals surface area contributed by atoms with Crippen molar-refractivity contribution in [2.75, 3.05) is 40.0 Å². The molecular formula is C21H28ClNO3. The summed E-state index contributed by atoms with van der Waals surface area (Å²) in [7, 11) is 1.67. The predicted molar refractivity (Wildman–Crippen MR) is 106 cm³/mol. The second-order valence-corrected chi connectivity index (χ2v) is 6.42. The number of nitrogens with one attached hydrogen (secondary N) is 1. The van der Waals surface area contributed by atoms with Gasteiger partial charge in [-0.05, 0) is 49.7 Å². The third-order valence-corrected chi connectivity index (χ3v) is 4.17. The van der Waals surface area contributed by atoms with Crippen LogP contribution in [0.15, 0.2) is 48.5 Å². The van der Waals surface area contributed by atoms with Gasteiger partial charge >= 0.3 is 0 Å². The minimum atomic E-state index is 0.541. The standard InChI is InChI=1S/C21H28ClNO3/c1-24-15-16-25-17-19-5-2-3-6-21(19)26-14-4-12-23-13-11-18-7-9-20(22)10-8-18/h2-3,5-10,23H,4,11-17H2,1H3. The smallest absolute Gasteiger partial charge is 0.124 e. The second-order valence-electron chi connectivity index (χ2n) is 5.98. The zero-order valence-corrected chi connectivity index (χ0v) is 16.1. The lowest BCUT2D eigenvalue weighted by molar-refractivity contribution is 0.0605. The fourth-order valence-corrected chi connectivity index (χ4v) is 2.60. The summed E-state index contributed by atoms with van der Waals surface area (Å²) in [6.45, 7) is 4.29. The third kappa shape index (κ3) is 8.19. The zero-order valence-electron chi connectivity index (χ0n) is 15.4. The topological polar surface area (TPSA) is 39.7 Å². The molecule has 2 aromatic carbocycles. The molecule has 0 saturated carbocycles. The molecule has 0 atom stereocenters. The molecule has 2 aromatic rings. The van der Waals surface area contributed by atoms with E-state index in [1.54, 1.807) is 7.11 Å². The van der Waals surface area contributed by atoms with Gasteiger partial charge in [0.25, 0.3) is 0 Å². The van der Waals surface area contributed by atoms with Crippen molar-refractivity contribution < 1.29 is 14.2 Å². The van der Waals surface area contributed by atoms with Gasteiger partial charge in [-0.25, -0.2) is 0 Å². The molecular weight excluding hydrogens is 350 g/mol. The molecule has 0 saturated heterocycles. The SMILES string of the molecule is COCCOCc1ccccc1OCCCNCCc1ccc(Cl)cc1. The summed E-state index contributed by atoms with van der Waals surface area (Å²) in [6.07, 6.45) is 1.96. The lowest BCUT2D eigenvalue weighted by Gasteiger charge is -2.12. The Morgan fingerprint density at radius 2 is 1.73 bits per heavy atom. The van der Waals surface area contributed by atoms with Gasteiger partial charge in [0.05, 0.1) is 26.4 Å². The first-order valence-electron chi connectivity index (χ1n) is 9.02. The van der Waals surface area contributed by atoms with Crippen LogP contribution in [-0.2, 0) is 22.5 Å². The molecule has 0 aliphatic rings. The number of hydrogen-bond acceptors (Lipinski definition) is 4. The first-order chi connectivity index (χ1) is 12.8. The van der Waals surface area contributed by atoms with Crippen molar-refractivity contribution in [2.24, 2.45) is 0 Å². The number of methoxy groups -OCH3 is 1. The van der Waals surface area contributed by atoms with Gasteiger partial charge in [-0.1, -0.05) is 41.9 Å². The van der Waals surface area contributed by atoms with E-state index >= 15 is 0 Å². The van der Waals surface area contributed by atoms with Crippen LogP contribution in [-0.4, -0.2) is 40.0 Å². The molecule has 0 fully saturated rings. The van der Waals surface area contributed by atoms with Gasteiger partial charge in [0.1, 0.15) is 5.75 Å². The molecule has 0 aromatic heterocycles. The van der Waals surface area contributed by atoms with Crippen LogP contribution in [0.5, 0.6) is 5.75 Å². The van der Waals surface area contributed by atoms with E-state index in [0.29, 0.717) is 26.4 Å². The highest BCUT2D eigenvalue weighted by atomic mass is 35.5. The van der Waals surface area contributed by atoms with E-state index in [1.165, 1.54) is 5.56 Å². The van der Waals surface area contributed by atoms with Crippen LogP contribution >= 0.6 is 11.6 Å². The van der Waals surface area contributed by atoms with Crippen LogP contribution in [0.2, 0.25) is 5.02 Å². The van der Waals surface area contributed by atoms with Crippen LogP contribution in [0.4, 0.5) is 0 Å². The fourth-order valence-electron chi connectivity index (χ4n) is 2.48. The average Bonchev–Trinajstić information content (AvgIpc) is 2.67. The molecule has 142 valence electrons. The van der Waals surface area contributed by atoms with Gasteiger partial charge in [-0.2, -0.15) is 0 Å². The lowest BCUT2D eigenvalue weighted by Crippen LogP contribution is -2.20. The van der Waals surface area contributed by atoms with Gasteiger partial charge < -0.3 is 19.5 Å². The minimum Gasteiger partial charge on any atom is -0.493 e. The quantitative estimate of drug-likeness (QED) is 0.533. The van der Waals surface area contributed by atoms with Crippen molar-refractivity contribution >= 4 is 11.6 Å². The zero-order chi connectivity index (χ0) is 18.5. The van der Waals surface area contributed by atoms with Crippen molar-refractivity contribution in [2.45, 2.75) is 19.4 Å². The Morgan fingerprint density at radius 3 is 2.54 bits per heavy atom. The highest BCUT2D eigenvalue weighted by Crippen LogP contribution is 2.19. The number of hydrogen-bond donors (Lipinski definition) is 1. The molecule has 0 aliphatic heterocycles. The molecule has 0 unspecified atom stereocenters. The maximum Gasteiger partial charge on any atom is 0.124 e. The van der Waals surface area contributed by atoms with Gasteiger partial charge in [-0.3, -0.25) is 0 Å². The predicted octanol–water partition coefficient (Wildman–Crippen LogP) is 4.10. The molecule has 0 amide bonds. The molecule has 2 rings (SSSR count). The first-order valence-corrected chi connectivity index (χ1v) is 9.40. The van der Waals surface area contributed by atoms with E-state index in [-0.39, 0.29) is 0 Å². The first kappa shape index (κ1) is 20.7. The van der Waals surface area contributed by atoms with E-state index < -0.39 is 0 Å². The molecule has 0 bridgehead atoms. The van der Waals surface area contributed by atoms with Gasteiger partial charge in [0.2, 0.25) is 0 Å². The highest BCUT2D eigenvalue weighted by molar-refractivity contribution is 6.30. The van der Waals surface area contributed by atoms with E-state index in [1.807, 2.05) is 36.4 Å². The summed E-state index contributed by atoms with van der Waals surface area (Å²) >= 11 is 5.89. The Bertz CT molecular complexity index is 619. The molecule has 26 heavy (non-hydrogen) atoms. The lowest BCUT2D eigenvalue weighted by atomic mass is 10.1. The maximum atomic E-state index is 5.91. The number of halogens is 1. The van der Waals surface area contributed by atoms with E-state index in [0.717, 1.165) is 42.3 Å². The summed E-state index contributed by atoms with van der Waals surface area (Å²) < 4.78 is 16.5. The summed E-state index contributed by atoms with van der Waals surface area (Å²) in [5.41, 5.74) is 2.36. The number of para-hydroxylation sites is 1. The van der Waals surface area contributed by atoms with Crippen LogP contribution in [0, 0.1) is 0 Å². The molecule has 0 aliphatic carbocycles. The van der Waals surface area contributed by atoms with E-state index in [4.69, 9.17) is 25.8 Å². The largest absolute Gasteiger partial charge is 0.493 e. The molecule has 0 heterocycles. The van der Waals surface area contributed by atoms with Crippen molar-refractivity contribution in [1.29, 1.82) is 0 Å². The van der Waals surface area contributed by atoms with E-state index in [9.17, 15) is 0 Å². The van der Waals surface area contributed by atoms with Gasteiger partial charge in [-0.15, -0.1) is 0 Å². The molecule has 0 spiro atoms. The monoisotopic (exact) mass is 377 g/mol. The number of ether oxygens (including phenoxy) is 3. The van der Waals surface area contributed by atoms with Crippen molar-refractivity contribution in [3.63, 3.8) is 0 Å². The Labute approximate surface area is 161 Å². The summed E-state index contributed by atoms with van der Waals surface area (Å²) in [4.78, 5) is 0. The molecule has 0 radical (unpaired) electrons. The maximum absolute atomic E-state index is 5.91. The average molecular weight is 378 g/mol. The third-order valence-electron chi connectivity index (χ3n) is 3.92. The van der Waals surface area contributed by atoms with Crippen molar-refractivity contribution in [3.8, 4) is 5.75 Å². The van der Waals surface area contributed by atoms with Gasteiger partial charge in [0.15, 0.2) is 0 Å². The Balaban J connectivity index is 1.58. The Hall–Kier alpha value is -1.59. The molecule has 4 nitrogen and oxygen atoms in total. The number of benzene rings is 2. The Kier molecular flexibility index (Phi) is 10.1. The summed E-state index contributed by atoms with van der Waals surface area (Å²) in [5, 5.41) is 4.23. The summed E-state index contributed by atoms with van der Waals surface area (Å²) in [6, 6.07) is 16.0. The minimum absolute atomic E-state index is 0.541.